The number of likely N-dealkylation sites (tertiary alicyclic amines) is 1. The maximum absolute atomic E-state index is 12.5. The van der Waals surface area contributed by atoms with Gasteiger partial charge in [-0.25, -0.2) is 0 Å². The molecule has 4 rings (SSSR count). The maximum Gasteiger partial charge on any atom is 0.223 e. The number of amides is 1. The van der Waals surface area contributed by atoms with Crippen LogP contribution in [0, 0.1) is 5.92 Å². The van der Waals surface area contributed by atoms with Crippen molar-refractivity contribution in [2.45, 2.75) is 31.8 Å². The fraction of sp³-hybridized carbons (Fsp3) is 0.350. The molecule has 1 aliphatic carbocycles. The molecule has 0 spiro atoms. The van der Waals surface area contributed by atoms with E-state index in [1.54, 1.807) is 7.11 Å². The predicted molar refractivity (Wildman–Crippen MR) is 89.3 cm³/mol. The summed E-state index contributed by atoms with van der Waals surface area (Å²) in [5.74, 6) is 1.68. The Balaban J connectivity index is 1.63. The Morgan fingerprint density at radius 1 is 1.04 bits per heavy atom. The number of ether oxygens (including phenoxy) is 1. The average Bonchev–Trinajstić information content (AvgIpc) is 2.88. The lowest BCUT2D eigenvalue weighted by molar-refractivity contribution is -0.129. The van der Waals surface area contributed by atoms with Crippen molar-refractivity contribution >= 4 is 5.91 Å². The number of nitrogens with zero attached hydrogens (tertiary/aromatic N) is 1. The van der Waals surface area contributed by atoms with Crippen LogP contribution in [0.25, 0.3) is 0 Å². The molecule has 2 atom stereocenters. The molecule has 3 nitrogen and oxygen atoms in total. The molecule has 2 aliphatic rings. The lowest BCUT2D eigenvalue weighted by Crippen LogP contribution is -2.39. The van der Waals surface area contributed by atoms with E-state index in [1.165, 1.54) is 16.7 Å². The summed E-state index contributed by atoms with van der Waals surface area (Å²) < 4.78 is 5.54. The number of fused-ring (bicyclic) bond motifs is 2. The number of methoxy groups -OCH3 is 1. The Hall–Kier alpha value is -2.29. The van der Waals surface area contributed by atoms with Gasteiger partial charge in [0.1, 0.15) is 5.75 Å². The van der Waals surface area contributed by atoms with Crippen molar-refractivity contribution in [3.8, 4) is 5.75 Å². The summed E-state index contributed by atoms with van der Waals surface area (Å²) >= 11 is 0. The zero-order chi connectivity index (χ0) is 15.8. The van der Waals surface area contributed by atoms with Gasteiger partial charge in [0.2, 0.25) is 5.91 Å². The van der Waals surface area contributed by atoms with E-state index in [1.807, 2.05) is 24.3 Å². The standard InChI is InChI=1S/C20H21NO2/c1-23-19-9-5-8-15-10-16-11-20(22)21(18(16)12-17(15)19)13-14-6-3-2-4-7-14/h2-9,16,18H,10-13H2,1H3/t16-,18-/m1/s1. The van der Waals surface area contributed by atoms with Crippen LogP contribution in [0.1, 0.15) is 23.1 Å². The highest BCUT2D eigenvalue weighted by Crippen LogP contribution is 2.40. The summed E-state index contributed by atoms with van der Waals surface area (Å²) in [5.41, 5.74) is 3.83. The van der Waals surface area contributed by atoms with Crippen LogP contribution in [0.5, 0.6) is 5.75 Å². The summed E-state index contributed by atoms with van der Waals surface area (Å²) in [6, 6.07) is 16.8. The van der Waals surface area contributed by atoms with Crippen molar-refractivity contribution in [3.63, 3.8) is 0 Å². The van der Waals surface area contributed by atoms with Gasteiger partial charge in [-0.05, 0) is 41.5 Å². The fourth-order valence-electron chi connectivity index (χ4n) is 4.10. The molecule has 3 heteroatoms. The Morgan fingerprint density at radius 3 is 2.65 bits per heavy atom. The van der Waals surface area contributed by atoms with Gasteiger partial charge in [0.25, 0.3) is 0 Å². The first-order valence-electron chi connectivity index (χ1n) is 8.24. The minimum atomic E-state index is 0.288. The third-order valence-corrected chi connectivity index (χ3v) is 5.24. The lowest BCUT2D eigenvalue weighted by atomic mass is 9.80. The molecule has 2 aromatic carbocycles. The molecule has 1 heterocycles. The molecule has 0 bridgehead atoms. The molecular formula is C20H21NO2. The monoisotopic (exact) mass is 307 g/mol. The first kappa shape index (κ1) is 14.3. The lowest BCUT2D eigenvalue weighted by Gasteiger charge is -2.33. The molecule has 0 saturated carbocycles. The van der Waals surface area contributed by atoms with Gasteiger partial charge >= 0.3 is 0 Å². The van der Waals surface area contributed by atoms with Gasteiger partial charge in [-0.3, -0.25) is 4.79 Å². The molecule has 0 radical (unpaired) electrons. The number of carbonyl (C=O) groups excluding carboxylic acids is 1. The van der Waals surface area contributed by atoms with Gasteiger partial charge in [-0.2, -0.15) is 0 Å². The van der Waals surface area contributed by atoms with Gasteiger partial charge in [-0.15, -0.1) is 0 Å². The van der Waals surface area contributed by atoms with Crippen LogP contribution in [-0.4, -0.2) is 24.0 Å². The Bertz CT molecular complexity index is 726. The molecule has 0 aromatic heterocycles. The van der Waals surface area contributed by atoms with Crippen molar-refractivity contribution in [1.29, 1.82) is 0 Å². The summed E-state index contributed by atoms with van der Waals surface area (Å²) in [6.45, 7) is 0.714. The van der Waals surface area contributed by atoms with Crippen LogP contribution in [-0.2, 0) is 24.2 Å². The molecule has 23 heavy (non-hydrogen) atoms. The largest absolute Gasteiger partial charge is 0.496 e. The van der Waals surface area contributed by atoms with Crippen molar-refractivity contribution in [2.75, 3.05) is 7.11 Å². The van der Waals surface area contributed by atoms with Gasteiger partial charge in [0.15, 0.2) is 0 Å². The molecule has 2 aromatic rings. The molecule has 0 unspecified atom stereocenters. The first-order valence-corrected chi connectivity index (χ1v) is 8.24. The molecule has 118 valence electrons. The van der Waals surface area contributed by atoms with Gasteiger partial charge < -0.3 is 9.64 Å². The highest BCUT2D eigenvalue weighted by molar-refractivity contribution is 5.79. The van der Waals surface area contributed by atoms with Gasteiger partial charge in [0, 0.05) is 19.0 Å². The number of rotatable bonds is 3. The Morgan fingerprint density at radius 2 is 1.87 bits per heavy atom. The highest BCUT2D eigenvalue weighted by atomic mass is 16.5. The van der Waals surface area contributed by atoms with Crippen LogP contribution in [0.4, 0.5) is 0 Å². The van der Waals surface area contributed by atoms with Crippen LogP contribution in [0.2, 0.25) is 0 Å². The van der Waals surface area contributed by atoms with Crippen molar-refractivity contribution in [2.24, 2.45) is 5.92 Å². The minimum Gasteiger partial charge on any atom is -0.496 e. The number of carbonyl (C=O) groups is 1. The number of hydrogen-bond donors (Lipinski definition) is 0. The zero-order valence-electron chi connectivity index (χ0n) is 13.4. The third-order valence-electron chi connectivity index (χ3n) is 5.24. The average molecular weight is 307 g/mol. The molecule has 0 N–H and O–H groups in total. The van der Waals surface area contributed by atoms with Crippen molar-refractivity contribution in [3.05, 3.63) is 65.2 Å². The van der Waals surface area contributed by atoms with Crippen LogP contribution in [0.15, 0.2) is 48.5 Å². The topological polar surface area (TPSA) is 29.5 Å². The smallest absolute Gasteiger partial charge is 0.223 e. The number of hydrogen-bond acceptors (Lipinski definition) is 2. The van der Waals surface area contributed by atoms with E-state index in [2.05, 4.69) is 29.2 Å². The zero-order valence-corrected chi connectivity index (χ0v) is 13.4. The van der Waals surface area contributed by atoms with Crippen molar-refractivity contribution in [1.82, 2.24) is 4.90 Å². The van der Waals surface area contributed by atoms with E-state index in [9.17, 15) is 4.79 Å². The van der Waals surface area contributed by atoms with E-state index >= 15 is 0 Å². The van der Waals surface area contributed by atoms with Gasteiger partial charge in [0.05, 0.1) is 7.11 Å². The maximum atomic E-state index is 12.5. The van der Waals surface area contributed by atoms with Crippen LogP contribution < -0.4 is 4.74 Å². The second-order valence-corrected chi connectivity index (χ2v) is 6.54. The summed E-state index contributed by atoms with van der Waals surface area (Å²) in [7, 11) is 1.73. The van der Waals surface area contributed by atoms with E-state index in [0.29, 0.717) is 24.9 Å². The third kappa shape index (κ3) is 2.50. The first-order chi connectivity index (χ1) is 11.3. The molecule has 1 aliphatic heterocycles. The fourth-order valence-corrected chi connectivity index (χ4v) is 4.10. The second-order valence-electron chi connectivity index (χ2n) is 6.54. The molecular weight excluding hydrogens is 286 g/mol. The second kappa shape index (κ2) is 5.73. The molecule has 1 fully saturated rings. The predicted octanol–water partition coefficient (Wildman–Crippen LogP) is 3.21. The van der Waals surface area contributed by atoms with Crippen LogP contribution >= 0.6 is 0 Å². The van der Waals surface area contributed by atoms with E-state index in [-0.39, 0.29) is 5.91 Å². The number of benzene rings is 2. The van der Waals surface area contributed by atoms with Gasteiger partial charge in [-0.1, -0.05) is 42.5 Å². The normalized spacial score (nSPS) is 22.7. The Kier molecular flexibility index (Phi) is 3.56. The summed E-state index contributed by atoms with van der Waals surface area (Å²) in [4.78, 5) is 14.6. The Labute approximate surface area is 136 Å². The van der Waals surface area contributed by atoms with E-state index in [4.69, 9.17) is 4.74 Å². The minimum absolute atomic E-state index is 0.288. The SMILES string of the molecule is COc1cccc2c1C[C@@H]1[C@@H](CC(=O)N1Cc1ccccc1)C2. The van der Waals surface area contributed by atoms with E-state index in [0.717, 1.165) is 18.6 Å². The summed E-state index contributed by atoms with van der Waals surface area (Å²) in [5, 5.41) is 0. The van der Waals surface area contributed by atoms with Crippen LogP contribution in [0.3, 0.4) is 0 Å². The van der Waals surface area contributed by atoms with Crippen molar-refractivity contribution < 1.29 is 9.53 Å². The highest BCUT2D eigenvalue weighted by Gasteiger charge is 2.42. The molecule has 1 saturated heterocycles. The molecule has 1 amide bonds. The van der Waals surface area contributed by atoms with E-state index < -0.39 is 0 Å². The quantitative estimate of drug-likeness (QED) is 0.871. The summed E-state index contributed by atoms with van der Waals surface area (Å²) in [6.07, 6.45) is 2.56.